The number of rotatable bonds is 4. The van der Waals surface area contributed by atoms with E-state index in [-0.39, 0.29) is 0 Å². The Morgan fingerprint density at radius 1 is 1.15 bits per heavy atom. The van der Waals surface area contributed by atoms with Crippen LogP contribution in [0.15, 0.2) is 18.2 Å². The van der Waals surface area contributed by atoms with Gasteiger partial charge in [-0.3, -0.25) is 0 Å². The summed E-state index contributed by atoms with van der Waals surface area (Å²) in [5, 5.41) is 3.59. The first-order chi connectivity index (χ1) is 9.72. The lowest BCUT2D eigenvalue weighted by Crippen LogP contribution is -2.29. The summed E-state index contributed by atoms with van der Waals surface area (Å²) in [7, 11) is 2.23. The Labute approximate surface area is 123 Å². The quantitative estimate of drug-likeness (QED) is 0.909. The van der Waals surface area contributed by atoms with E-state index < -0.39 is 0 Å². The minimum atomic E-state index is 0.788. The Balaban J connectivity index is 1.66. The molecule has 0 amide bonds. The SMILES string of the molecule is Cc1cc(CNC2CC2)ccc1N1CCCN(C)CC1. The summed E-state index contributed by atoms with van der Waals surface area (Å²) in [6.07, 6.45) is 3.98. The maximum atomic E-state index is 3.59. The number of anilines is 1. The maximum Gasteiger partial charge on any atom is 0.0396 e. The topological polar surface area (TPSA) is 18.5 Å². The molecule has 1 heterocycles. The van der Waals surface area contributed by atoms with E-state index in [1.807, 2.05) is 0 Å². The molecule has 3 rings (SSSR count). The van der Waals surface area contributed by atoms with E-state index in [4.69, 9.17) is 0 Å². The number of benzene rings is 1. The summed E-state index contributed by atoms with van der Waals surface area (Å²) in [4.78, 5) is 4.99. The van der Waals surface area contributed by atoms with Gasteiger partial charge in [0.25, 0.3) is 0 Å². The zero-order valence-corrected chi connectivity index (χ0v) is 12.9. The maximum absolute atomic E-state index is 3.59. The first kappa shape index (κ1) is 13.9. The molecular formula is C17H27N3. The fraction of sp³-hybridized carbons (Fsp3) is 0.647. The Kier molecular flexibility index (Phi) is 4.27. The molecule has 1 saturated heterocycles. The predicted octanol–water partition coefficient (Wildman–Crippen LogP) is 2.39. The van der Waals surface area contributed by atoms with Crippen molar-refractivity contribution in [2.75, 3.05) is 38.1 Å². The fourth-order valence-electron chi connectivity index (χ4n) is 3.02. The van der Waals surface area contributed by atoms with Crippen molar-refractivity contribution < 1.29 is 0 Å². The van der Waals surface area contributed by atoms with Gasteiger partial charge in [0.15, 0.2) is 0 Å². The van der Waals surface area contributed by atoms with Crippen LogP contribution in [-0.4, -0.2) is 44.2 Å². The van der Waals surface area contributed by atoms with Crippen LogP contribution < -0.4 is 10.2 Å². The van der Waals surface area contributed by atoms with E-state index in [1.54, 1.807) is 0 Å². The molecular weight excluding hydrogens is 246 g/mol. The average molecular weight is 273 g/mol. The number of likely N-dealkylation sites (N-methyl/N-ethyl adjacent to an activating group) is 1. The highest BCUT2D eigenvalue weighted by Crippen LogP contribution is 2.24. The lowest BCUT2D eigenvalue weighted by Gasteiger charge is -2.25. The molecule has 3 heteroatoms. The van der Waals surface area contributed by atoms with Crippen LogP contribution >= 0.6 is 0 Å². The van der Waals surface area contributed by atoms with Crippen molar-refractivity contribution in [2.24, 2.45) is 0 Å². The highest BCUT2D eigenvalue weighted by Gasteiger charge is 2.20. The Morgan fingerprint density at radius 3 is 2.75 bits per heavy atom. The van der Waals surface area contributed by atoms with Gasteiger partial charge in [0, 0.05) is 37.9 Å². The highest BCUT2D eigenvalue weighted by atomic mass is 15.2. The molecule has 1 aromatic rings. The van der Waals surface area contributed by atoms with Crippen LogP contribution in [0.1, 0.15) is 30.4 Å². The van der Waals surface area contributed by atoms with Gasteiger partial charge in [-0.1, -0.05) is 12.1 Å². The average Bonchev–Trinajstić information content (AvgIpc) is 3.25. The van der Waals surface area contributed by atoms with E-state index in [2.05, 4.69) is 47.3 Å². The van der Waals surface area contributed by atoms with Gasteiger partial charge >= 0.3 is 0 Å². The van der Waals surface area contributed by atoms with Gasteiger partial charge in [-0.2, -0.15) is 0 Å². The Bertz CT molecular complexity index is 454. The van der Waals surface area contributed by atoms with Crippen molar-refractivity contribution in [1.82, 2.24) is 10.2 Å². The van der Waals surface area contributed by atoms with Crippen molar-refractivity contribution >= 4 is 5.69 Å². The smallest absolute Gasteiger partial charge is 0.0396 e. The van der Waals surface area contributed by atoms with Gasteiger partial charge in [-0.05, 0) is 57.0 Å². The molecule has 1 saturated carbocycles. The van der Waals surface area contributed by atoms with Gasteiger partial charge in [-0.25, -0.2) is 0 Å². The number of hydrogen-bond donors (Lipinski definition) is 1. The molecule has 1 aliphatic heterocycles. The number of aryl methyl sites for hydroxylation is 1. The zero-order valence-electron chi connectivity index (χ0n) is 12.9. The summed E-state index contributed by atoms with van der Waals surface area (Å²) in [6.45, 7) is 8.00. The second-order valence-electron chi connectivity index (χ2n) is 6.42. The van der Waals surface area contributed by atoms with Crippen LogP contribution in [0.3, 0.4) is 0 Å². The first-order valence-electron chi connectivity index (χ1n) is 7.99. The minimum Gasteiger partial charge on any atom is -0.370 e. The monoisotopic (exact) mass is 273 g/mol. The molecule has 20 heavy (non-hydrogen) atoms. The molecule has 0 atom stereocenters. The second kappa shape index (κ2) is 6.15. The van der Waals surface area contributed by atoms with Crippen LogP contribution in [-0.2, 0) is 6.54 Å². The lowest BCUT2D eigenvalue weighted by molar-refractivity contribution is 0.360. The Morgan fingerprint density at radius 2 is 2.00 bits per heavy atom. The molecule has 3 nitrogen and oxygen atoms in total. The van der Waals surface area contributed by atoms with Crippen LogP contribution in [0.4, 0.5) is 5.69 Å². The van der Waals surface area contributed by atoms with E-state index >= 15 is 0 Å². The summed E-state index contributed by atoms with van der Waals surface area (Å²) >= 11 is 0. The van der Waals surface area contributed by atoms with Crippen molar-refractivity contribution in [3.8, 4) is 0 Å². The third-order valence-electron chi connectivity index (χ3n) is 4.49. The number of nitrogens with zero attached hydrogens (tertiary/aromatic N) is 2. The molecule has 1 N–H and O–H groups in total. The van der Waals surface area contributed by atoms with Crippen molar-refractivity contribution in [1.29, 1.82) is 0 Å². The summed E-state index contributed by atoms with van der Waals surface area (Å²) in [5.41, 5.74) is 4.27. The standard InChI is InChI=1S/C17H27N3/c1-14-12-15(13-18-16-5-6-16)4-7-17(14)20-9-3-8-19(2)10-11-20/h4,7,12,16,18H,3,5-6,8-11,13H2,1-2H3. The molecule has 0 radical (unpaired) electrons. The van der Waals surface area contributed by atoms with Crippen molar-refractivity contribution in [3.05, 3.63) is 29.3 Å². The van der Waals surface area contributed by atoms with E-state index in [0.29, 0.717) is 0 Å². The highest BCUT2D eigenvalue weighted by molar-refractivity contribution is 5.54. The van der Waals surface area contributed by atoms with Crippen LogP contribution in [0.2, 0.25) is 0 Å². The predicted molar refractivity (Wildman–Crippen MR) is 85.4 cm³/mol. The van der Waals surface area contributed by atoms with Gasteiger partial charge in [0.05, 0.1) is 0 Å². The molecule has 2 fully saturated rings. The molecule has 0 spiro atoms. The second-order valence-corrected chi connectivity index (χ2v) is 6.42. The van der Waals surface area contributed by atoms with Crippen LogP contribution in [0, 0.1) is 6.92 Å². The zero-order chi connectivity index (χ0) is 13.9. The van der Waals surface area contributed by atoms with E-state index in [1.165, 1.54) is 55.7 Å². The molecule has 1 aromatic carbocycles. The first-order valence-corrected chi connectivity index (χ1v) is 7.99. The number of nitrogens with one attached hydrogen (secondary N) is 1. The molecule has 0 unspecified atom stereocenters. The molecule has 1 aliphatic carbocycles. The van der Waals surface area contributed by atoms with E-state index in [0.717, 1.165) is 19.1 Å². The van der Waals surface area contributed by atoms with Gasteiger partial charge in [-0.15, -0.1) is 0 Å². The molecule has 2 aliphatic rings. The largest absolute Gasteiger partial charge is 0.370 e. The summed E-state index contributed by atoms with van der Waals surface area (Å²) < 4.78 is 0. The Hall–Kier alpha value is -1.06. The minimum absolute atomic E-state index is 0.788. The lowest BCUT2D eigenvalue weighted by atomic mass is 10.1. The van der Waals surface area contributed by atoms with E-state index in [9.17, 15) is 0 Å². The molecule has 0 bridgehead atoms. The molecule has 0 aromatic heterocycles. The molecule has 110 valence electrons. The number of hydrogen-bond acceptors (Lipinski definition) is 3. The summed E-state index contributed by atoms with van der Waals surface area (Å²) in [6, 6.07) is 7.77. The van der Waals surface area contributed by atoms with Gasteiger partial charge < -0.3 is 15.1 Å². The normalized spacial score (nSPS) is 21.0. The third kappa shape index (κ3) is 3.53. The third-order valence-corrected chi connectivity index (χ3v) is 4.49. The summed E-state index contributed by atoms with van der Waals surface area (Å²) in [5.74, 6) is 0. The van der Waals surface area contributed by atoms with Gasteiger partial charge in [0.2, 0.25) is 0 Å². The van der Waals surface area contributed by atoms with Gasteiger partial charge in [0.1, 0.15) is 0 Å². The fourth-order valence-corrected chi connectivity index (χ4v) is 3.02. The van der Waals surface area contributed by atoms with Crippen LogP contribution in [0.5, 0.6) is 0 Å². The van der Waals surface area contributed by atoms with Crippen LogP contribution in [0.25, 0.3) is 0 Å². The van der Waals surface area contributed by atoms with Crippen molar-refractivity contribution in [2.45, 2.75) is 38.8 Å². The van der Waals surface area contributed by atoms with Crippen molar-refractivity contribution in [3.63, 3.8) is 0 Å².